The molecule has 74 valence electrons. The number of hydrogen-bond donors (Lipinski definition) is 2. The molecule has 0 amide bonds. The lowest BCUT2D eigenvalue weighted by Crippen LogP contribution is -2.02. The van der Waals surface area contributed by atoms with E-state index in [1.165, 1.54) is 0 Å². The van der Waals surface area contributed by atoms with Gasteiger partial charge in [0.2, 0.25) is 0 Å². The summed E-state index contributed by atoms with van der Waals surface area (Å²) in [6.45, 7) is 0. The first-order chi connectivity index (χ1) is 7.00. The minimum Gasteiger partial charge on any atom is -0.274 e. The highest BCUT2D eigenvalue weighted by Gasteiger charge is 1.59. The predicted molar refractivity (Wildman–Crippen MR) is 56.8 cm³/mol. The van der Waals surface area contributed by atoms with Gasteiger partial charge in [0.25, 0.3) is 0 Å². The highest BCUT2D eigenvalue weighted by molar-refractivity contribution is 4.99. The van der Waals surface area contributed by atoms with Crippen molar-refractivity contribution >= 4 is 0 Å². The van der Waals surface area contributed by atoms with Crippen LogP contribution in [0.3, 0.4) is 0 Å². The quantitative estimate of drug-likeness (QED) is 0.479. The molecule has 0 fully saturated rings. The zero-order chi connectivity index (χ0) is 10.5. The average Bonchev–Trinajstić information content (AvgIpc) is 2.37. The van der Waals surface area contributed by atoms with Crippen molar-refractivity contribution in [3.63, 3.8) is 0 Å². The van der Waals surface area contributed by atoms with Crippen LogP contribution >= 0.6 is 0 Å². The van der Waals surface area contributed by atoms with Crippen molar-refractivity contribution in [1.29, 1.82) is 0 Å². The molecule has 0 atom stereocenters. The Kier molecular flexibility index (Phi) is 9.79. The van der Waals surface area contributed by atoms with Crippen LogP contribution in [0.2, 0.25) is 0 Å². The van der Waals surface area contributed by atoms with Crippen LogP contribution in [0, 0.1) is 0 Å². The molecule has 0 spiro atoms. The molecule has 1 heterocycles. The fourth-order valence-corrected chi connectivity index (χ4v) is 0.638. The molecule has 1 aromatic carbocycles. The van der Waals surface area contributed by atoms with Crippen molar-refractivity contribution in [1.82, 2.24) is 10.2 Å². The summed E-state index contributed by atoms with van der Waals surface area (Å²) in [5.41, 5.74) is 0. The van der Waals surface area contributed by atoms with E-state index in [1.807, 2.05) is 48.5 Å². The van der Waals surface area contributed by atoms with E-state index in [2.05, 4.69) is 21.9 Å². The summed E-state index contributed by atoms with van der Waals surface area (Å²) < 4.78 is 0. The van der Waals surface area contributed by atoms with Crippen LogP contribution in [0.4, 0.5) is 0 Å². The Bertz CT molecular complexity index is 188. The largest absolute Gasteiger partial charge is 0.274 e. The summed E-state index contributed by atoms with van der Waals surface area (Å²) in [4.78, 5) is 0. The van der Waals surface area contributed by atoms with Gasteiger partial charge in [-0.1, -0.05) is 36.4 Å². The Morgan fingerprint density at radius 2 is 0.786 bits per heavy atom. The molecule has 14 heavy (non-hydrogen) atoms. The van der Waals surface area contributed by atoms with Crippen LogP contribution in [0.5, 0.6) is 0 Å². The summed E-state index contributed by atoms with van der Waals surface area (Å²) >= 11 is 0. The van der Waals surface area contributed by atoms with Gasteiger partial charge in [-0.15, -0.1) is 0 Å². The van der Waals surface area contributed by atoms with Gasteiger partial charge in [0.15, 0.2) is 0 Å². The van der Waals surface area contributed by atoms with Crippen LogP contribution in [0.25, 0.3) is 0 Å². The molecule has 4 nitrogen and oxygen atoms in total. The first kappa shape index (κ1) is 12.2. The first-order valence-corrected chi connectivity index (χ1v) is 4.05. The Balaban J connectivity index is 0.000000206. The van der Waals surface area contributed by atoms with Gasteiger partial charge in [0.1, 0.15) is 0 Å². The third kappa shape index (κ3) is 8.32. The monoisotopic (exact) mass is 190 g/mol. The standard InChI is InChI=1S/C6H6.C4H4N2.H4N2/c2*1-2-4-6-5-3-1;1-2/h1-6H;1-4H;1-2H2. The molecule has 4 N–H and O–H groups in total. The number of nitrogens with zero attached hydrogens (tertiary/aromatic N) is 2. The van der Waals surface area contributed by atoms with Gasteiger partial charge in [-0.05, 0) is 12.1 Å². The third-order valence-corrected chi connectivity index (χ3v) is 1.15. The Hall–Kier alpha value is -1.78. The summed E-state index contributed by atoms with van der Waals surface area (Å²) in [6, 6.07) is 15.7. The smallest absolute Gasteiger partial charge is 0.0496 e. The van der Waals surface area contributed by atoms with Crippen molar-refractivity contribution in [3.8, 4) is 0 Å². The molecule has 0 saturated heterocycles. The highest BCUT2D eigenvalue weighted by atomic mass is 15.1. The van der Waals surface area contributed by atoms with E-state index in [9.17, 15) is 0 Å². The van der Waals surface area contributed by atoms with Gasteiger partial charge in [0, 0.05) is 12.4 Å². The van der Waals surface area contributed by atoms with E-state index in [4.69, 9.17) is 0 Å². The van der Waals surface area contributed by atoms with E-state index >= 15 is 0 Å². The molecule has 2 rings (SSSR count). The van der Waals surface area contributed by atoms with Crippen LogP contribution in [0.15, 0.2) is 60.9 Å². The number of benzene rings is 1. The van der Waals surface area contributed by atoms with Gasteiger partial charge >= 0.3 is 0 Å². The van der Waals surface area contributed by atoms with E-state index in [0.717, 1.165) is 0 Å². The minimum absolute atomic E-state index is 1.64. The van der Waals surface area contributed by atoms with Crippen molar-refractivity contribution in [2.45, 2.75) is 0 Å². The zero-order valence-corrected chi connectivity index (χ0v) is 7.82. The van der Waals surface area contributed by atoms with E-state index in [0.29, 0.717) is 0 Å². The van der Waals surface area contributed by atoms with Crippen LogP contribution in [-0.4, -0.2) is 10.2 Å². The maximum absolute atomic E-state index is 4.00. The lowest BCUT2D eigenvalue weighted by Gasteiger charge is -1.69. The molecule has 0 unspecified atom stereocenters. The Labute approximate surface area is 83.6 Å². The Morgan fingerprint density at radius 3 is 0.929 bits per heavy atom. The third-order valence-electron chi connectivity index (χ3n) is 1.15. The zero-order valence-electron chi connectivity index (χ0n) is 7.82. The molecule has 0 aliphatic heterocycles. The number of hydrazine groups is 1. The van der Waals surface area contributed by atoms with Gasteiger partial charge < -0.3 is 0 Å². The second-order valence-corrected chi connectivity index (χ2v) is 2.07. The number of aromatic nitrogens is 2. The Morgan fingerprint density at radius 1 is 0.500 bits per heavy atom. The molecule has 0 radical (unpaired) electrons. The molecule has 0 aliphatic carbocycles. The van der Waals surface area contributed by atoms with E-state index < -0.39 is 0 Å². The summed E-state index contributed by atoms with van der Waals surface area (Å²) in [7, 11) is 0. The van der Waals surface area contributed by atoms with Crippen molar-refractivity contribution < 1.29 is 0 Å². The maximum atomic E-state index is 4.00. The maximum Gasteiger partial charge on any atom is 0.0496 e. The average molecular weight is 190 g/mol. The van der Waals surface area contributed by atoms with E-state index in [-0.39, 0.29) is 0 Å². The van der Waals surface area contributed by atoms with Gasteiger partial charge in [-0.25, -0.2) is 0 Å². The minimum atomic E-state index is 1.64. The lowest BCUT2D eigenvalue weighted by molar-refractivity contribution is 1.03. The van der Waals surface area contributed by atoms with Crippen LogP contribution in [0.1, 0.15) is 0 Å². The molecule has 0 saturated carbocycles. The van der Waals surface area contributed by atoms with Crippen LogP contribution < -0.4 is 11.7 Å². The number of nitrogens with two attached hydrogens (primary N) is 2. The van der Waals surface area contributed by atoms with E-state index in [1.54, 1.807) is 12.4 Å². The normalized spacial score (nSPS) is 7.29. The van der Waals surface area contributed by atoms with Gasteiger partial charge in [-0.3, -0.25) is 11.7 Å². The molecule has 1 aromatic heterocycles. The second-order valence-electron chi connectivity index (χ2n) is 2.07. The highest BCUT2D eigenvalue weighted by Crippen LogP contribution is 1.79. The van der Waals surface area contributed by atoms with Crippen molar-refractivity contribution in [2.24, 2.45) is 11.7 Å². The second kappa shape index (κ2) is 11.2. The van der Waals surface area contributed by atoms with Crippen molar-refractivity contribution in [3.05, 3.63) is 60.9 Å². The van der Waals surface area contributed by atoms with Crippen LogP contribution in [-0.2, 0) is 0 Å². The van der Waals surface area contributed by atoms with Gasteiger partial charge in [-0.2, -0.15) is 10.2 Å². The molecule has 4 heteroatoms. The molecule has 2 aromatic rings. The van der Waals surface area contributed by atoms with Gasteiger partial charge in [0.05, 0.1) is 0 Å². The van der Waals surface area contributed by atoms with Crippen molar-refractivity contribution in [2.75, 3.05) is 0 Å². The topological polar surface area (TPSA) is 77.8 Å². The molecular weight excluding hydrogens is 176 g/mol. The predicted octanol–water partition coefficient (Wildman–Crippen LogP) is 0.982. The fourth-order valence-electron chi connectivity index (χ4n) is 0.638. The summed E-state index contributed by atoms with van der Waals surface area (Å²) in [5, 5.41) is 7.07. The molecular formula is C10H14N4. The lowest BCUT2D eigenvalue weighted by atomic mass is 10.4. The summed E-state index contributed by atoms with van der Waals surface area (Å²) in [6.07, 6.45) is 3.28. The summed E-state index contributed by atoms with van der Waals surface area (Å²) in [5.74, 6) is 8.00. The first-order valence-electron chi connectivity index (χ1n) is 4.05. The SMILES string of the molecule is NN.c1ccccc1.c1ccnnc1. The molecule has 0 aliphatic rings. The molecule has 0 bridgehead atoms. The fraction of sp³-hybridized carbons (Fsp3) is 0. The number of hydrogen-bond acceptors (Lipinski definition) is 4. The number of rotatable bonds is 0.